The van der Waals surface area contributed by atoms with Crippen LogP contribution in [0.3, 0.4) is 0 Å². The number of carbonyl (C=O) groups is 1. The maximum Gasteiger partial charge on any atom is 0.307 e. The van der Waals surface area contributed by atoms with Crippen LogP contribution in [-0.2, 0) is 14.3 Å². The van der Waals surface area contributed by atoms with Crippen LogP contribution in [0.1, 0.15) is 6.92 Å². The molecule has 100 valence electrons. The first-order valence-electron chi connectivity index (χ1n) is 5.54. The Morgan fingerprint density at radius 1 is 1.63 bits per heavy atom. The minimum atomic E-state index is -0.976. The van der Waals surface area contributed by atoms with E-state index in [-0.39, 0.29) is 17.9 Å². The molecular weight excluding hydrogens is 254 g/mol. The van der Waals surface area contributed by atoms with E-state index in [0.29, 0.717) is 5.70 Å². The predicted molar refractivity (Wildman–Crippen MR) is 62.5 cm³/mol. The maximum atomic E-state index is 11.7. The number of allylic oxidation sites excluding steroid dienone is 2. The zero-order valence-electron chi connectivity index (χ0n) is 10.0. The Morgan fingerprint density at radius 3 is 2.84 bits per heavy atom. The summed E-state index contributed by atoms with van der Waals surface area (Å²) in [4.78, 5) is 33.0. The van der Waals surface area contributed by atoms with Crippen LogP contribution < -0.4 is 11.1 Å². The highest BCUT2D eigenvalue weighted by Gasteiger charge is 2.48. The largest absolute Gasteiger partial charge is 0.393 e. The topological polar surface area (TPSA) is 125 Å². The molecule has 8 heteroatoms. The Morgan fingerprint density at radius 2 is 2.32 bits per heavy atom. The summed E-state index contributed by atoms with van der Waals surface area (Å²) >= 11 is 0. The number of hydrogen-bond donors (Lipinski definition) is 2. The van der Waals surface area contributed by atoms with Crippen molar-refractivity contribution in [2.45, 2.75) is 13.0 Å². The molecule has 0 aromatic carbocycles. The minimum Gasteiger partial charge on any atom is -0.393 e. The molecular formula is C11H11N3O5. The van der Waals surface area contributed by atoms with Crippen molar-refractivity contribution in [2.24, 2.45) is 11.7 Å². The summed E-state index contributed by atoms with van der Waals surface area (Å²) in [5, 5.41) is 13.5. The molecule has 1 fully saturated rings. The van der Waals surface area contributed by atoms with Gasteiger partial charge in [-0.3, -0.25) is 14.9 Å². The first-order chi connectivity index (χ1) is 9.01. The molecule has 2 atom stereocenters. The van der Waals surface area contributed by atoms with Crippen LogP contribution in [0.5, 0.6) is 0 Å². The molecule has 1 aliphatic carbocycles. The minimum absolute atomic E-state index is 0.188. The van der Waals surface area contributed by atoms with Crippen molar-refractivity contribution >= 4 is 11.8 Å². The number of fused-ring (bicyclic) bond motifs is 1. The second-order valence-electron chi connectivity index (χ2n) is 4.02. The number of amides is 1. The summed E-state index contributed by atoms with van der Waals surface area (Å²) in [6.45, 7) is 1.92. The monoisotopic (exact) mass is 265 g/mol. The highest BCUT2D eigenvalue weighted by molar-refractivity contribution is 5.89. The molecule has 1 amide bonds. The van der Waals surface area contributed by atoms with E-state index < -0.39 is 28.5 Å². The molecule has 3 N–H and O–H groups in total. The summed E-state index contributed by atoms with van der Waals surface area (Å²) in [6.07, 6.45) is 0.302. The molecule has 0 aromatic rings. The molecule has 0 bridgehead atoms. The number of nitro groups is 1. The van der Waals surface area contributed by atoms with Crippen molar-refractivity contribution in [2.75, 3.05) is 6.61 Å². The first kappa shape index (κ1) is 13.0. The van der Waals surface area contributed by atoms with Gasteiger partial charge in [0.25, 0.3) is 5.91 Å². The highest BCUT2D eigenvalue weighted by atomic mass is 16.6. The number of nitrogens with two attached hydrogens (primary N) is 1. The van der Waals surface area contributed by atoms with Crippen LogP contribution in [0.4, 0.5) is 0 Å². The molecule has 2 unspecified atom stereocenters. The van der Waals surface area contributed by atoms with E-state index in [0.717, 1.165) is 0 Å². The summed E-state index contributed by atoms with van der Waals surface area (Å²) in [6, 6.07) is 0. The summed E-state index contributed by atoms with van der Waals surface area (Å²) < 4.78 is 5.24. The fourth-order valence-electron chi connectivity index (χ4n) is 2.24. The van der Waals surface area contributed by atoms with Crippen molar-refractivity contribution in [1.82, 2.24) is 5.32 Å². The fourth-order valence-corrected chi connectivity index (χ4v) is 2.24. The standard InChI is InChI=1S/C11H11N3O5/c1-2-19-10-8-5(4-15)9(14(17)18)6(12)3-7(8)13-11(10)16/h3,8,10H,2,12H2,1H3,(H,13,16). The van der Waals surface area contributed by atoms with Gasteiger partial charge < -0.3 is 15.8 Å². The van der Waals surface area contributed by atoms with Crippen LogP contribution in [0.25, 0.3) is 0 Å². The van der Waals surface area contributed by atoms with Gasteiger partial charge in [0.1, 0.15) is 23.3 Å². The van der Waals surface area contributed by atoms with Gasteiger partial charge in [-0.2, -0.15) is 0 Å². The van der Waals surface area contributed by atoms with E-state index in [4.69, 9.17) is 10.5 Å². The molecule has 19 heavy (non-hydrogen) atoms. The number of rotatable bonds is 3. The molecule has 0 radical (unpaired) electrons. The zero-order valence-corrected chi connectivity index (χ0v) is 10.0. The van der Waals surface area contributed by atoms with Crippen molar-refractivity contribution in [3.63, 3.8) is 0 Å². The maximum absolute atomic E-state index is 11.7. The predicted octanol–water partition coefficient (Wildman–Crippen LogP) is -0.760. The van der Waals surface area contributed by atoms with E-state index in [9.17, 15) is 19.7 Å². The lowest BCUT2D eigenvalue weighted by atomic mass is 9.87. The number of nitrogens with zero attached hydrogens (tertiary/aromatic N) is 1. The Labute approximate surface area is 107 Å². The van der Waals surface area contributed by atoms with Gasteiger partial charge in [0.2, 0.25) is 0 Å². The molecule has 0 saturated carbocycles. The molecule has 2 rings (SSSR count). The lowest BCUT2D eigenvalue weighted by Gasteiger charge is -2.20. The molecule has 1 saturated heterocycles. The Kier molecular flexibility index (Phi) is 3.20. The van der Waals surface area contributed by atoms with Crippen molar-refractivity contribution < 1.29 is 19.2 Å². The van der Waals surface area contributed by atoms with E-state index in [1.807, 2.05) is 0 Å². The van der Waals surface area contributed by atoms with Crippen LogP contribution >= 0.6 is 0 Å². The van der Waals surface area contributed by atoms with Crippen LogP contribution in [0, 0.1) is 16.0 Å². The van der Waals surface area contributed by atoms with Gasteiger partial charge in [0.05, 0.1) is 10.8 Å². The van der Waals surface area contributed by atoms with Gasteiger partial charge in [0, 0.05) is 12.3 Å². The average molecular weight is 265 g/mol. The summed E-state index contributed by atoms with van der Waals surface area (Å²) in [7, 11) is 0. The van der Waals surface area contributed by atoms with Gasteiger partial charge in [-0.25, -0.2) is 4.79 Å². The zero-order chi connectivity index (χ0) is 14.2. The van der Waals surface area contributed by atoms with Crippen LogP contribution in [0.2, 0.25) is 0 Å². The third-order valence-corrected chi connectivity index (χ3v) is 2.95. The van der Waals surface area contributed by atoms with Crippen molar-refractivity contribution in [1.29, 1.82) is 0 Å². The number of nitrogens with one attached hydrogen (secondary N) is 1. The molecule has 1 heterocycles. The second-order valence-corrected chi connectivity index (χ2v) is 4.02. The quantitative estimate of drug-likeness (QED) is 0.392. The summed E-state index contributed by atoms with van der Waals surface area (Å²) in [5.41, 5.74) is 4.88. The molecule has 1 aliphatic heterocycles. The first-order valence-corrected chi connectivity index (χ1v) is 5.54. The molecule has 0 spiro atoms. The van der Waals surface area contributed by atoms with Gasteiger partial charge in [-0.05, 0) is 13.0 Å². The van der Waals surface area contributed by atoms with Gasteiger partial charge in [-0.15, -0.1) is 0 Å². The molecule has 8 nitrogen and oxygen atoms in total. The smallest absolute Gasteiger partial charge is 0.307 e. The lowest BCUT2D eigenvalue weighted by molar-refractivity contribution is -0.422. The van der Waals surface area contributed by atoms with Crippen molar-refractivity contribution in [3.8, 4) is 0 Å². The van der Waals surface area contributed by atoms with Gasteiger partial charge in [0.15, 0.2) is 0 Å². The van der Waals surface area contributed by atoms with Crippen LogP contribution in [-0.4, -0.2) is 29.5 Å². The van der Waals surface area contributed by atoms with Gasteiger partial charge >= 0.3 is 5.70 Å². The van der Waals surface area contributed by atoms with E-state index in [1.165, 1.54) is 12.0 Å². The third-order valence-electron chi connectivity index (χ3n) is 2.95. The Hall–Kier alpha value is -2.44. The normalized spacial score (nSPS) is 25.6. The molecule has 2 aliphatic rings. The third kappa shape index (κ3) is 1.92. The Bertz CT molecular complexity index is 571. The van der Waals surface area contributed by atoms with Gasteiger partial charge in [-0.1, -0.05) is 0 Å². The average Bonchev–Trinajstić information content (AvgIpc) is 2.64. The van der Waals surface area contributed by atoms with Crippen molar-refractivity contribution in [3.05, 3.63) is 38.9 Å². The summed E-state index contributed by atoms with van der Waals surface area (Å²) in [5.74, 6) is 0.215. The Balaban J connectivity index is 2.54. The molecule has 0 aromatic heterocycles. The number of hydrogen-bond acceptors (Lipinski definition) is 6. The second kappa shape index (κ2) is 4.68. The van der Waals surface area contributed by atoms with E-state index in [1.54, 1.807) is 6.92 Å². The highest BCUT2D eigenvalue weighted by Crippen LogP contribution is 2.37. The fraction of sp³-hybridized carbons (Fsp3) is 0.364. The number of ether oxygens (including phenoxy) is 1. The lowest BCUT2D eigenvalue weighted by Crippen LogP contribution is -2.31. The van der Waals surface area contributed by atoms with Crippen LogP contribution in [0.15, 0.2) is 28.7 Å². The SMILES string of the molecule is CCOC1C(=O)NC2=CC(N)=C([N+](=O)[O-])C(=C=O)C21. The van der Waals surface area contributed by atoms with E-state index in [2.05, 4.69) is 5.32 Å². The number of carbonyl (C=O) groups excluding carboxylic acids is 2. The van der Waals surface area contributed by atoms with E-state index >= 15 is 0 Å².